The number of carboxylic acid groups (broad SMARTS) is 1. The Labute approximate surface area is 153 Å². The van der Waals surface area contributed by atoms with E-state index in [-0.39, 0.29) is 36.2 Å². The highest BCUT2D eigenvalue weighted by molar-refractivity contribution is 5.81. The molecule has 1 heterocycles. The Morgan fingerprint density at radius 2 is 1.85 bits per heavy atom. The van der Waals surface area contributed by atoms with E-state index in [1.807, 2.05) is 0 Å². The quantitative estimate of drug-likeness (QED) is 0.611. The maximum absolute atomic E-state index is 12.4. The van der Waals surface area contributed by atoms with Crippen molar-refractivity contribution in [2.24, 2.45) is 5.92 Å². The highest BCUT2D eigenvalue weighted by Gasteiger charge is 2.29. The molecule has 8 nitrogen and oxygen atoms in total. The van der Waals surface area contributed by atoms with Crippen LogP contribution in [0, 0.1) is 5.92 Å². The van der Waals surface area contributed by atoms with Crippen molar-refractivity contribution in [2.45, 2.75) is 57.9 Å². The number of amides is 3. The zero-order valence-corrected chi connectivity index (χ0v) is 15.4. The van der Waals surface area contributed by atoms with Crippen molar-refractivity contribution < 1.29 is 24.3 Å². The Morgan fingerprint density at radius 1 is 1.12 bits per heavy atom. The number of hydrogen-bond donors (Lipinski definition) is 2. The SMILES string of the molecule is CC(=O)N(CC(=O)O)C1CCCN(C(=O)CCCNC(=O)C2CC2)CC1. The fourth-order valence-electron chi connectivity index (χ4n) is 3.38. The molecular weight excluding hydrogens is 338 g/mol. The molecule has 1 saturated heterocycles. The summed E-state index contributed by atoms with van der Waals surface area (Å²) in [5.41, 5.74) is 0. The van der Waals surface area contributed by atoms with Gasteiger partial charge in [0.1, 0.15) is 6.54 Å². The van der Waals surface area contributed by atoms with Gasteiger partial charge in [-0.25, -0.2) is 0 Å². The van der Waals surface area contributed by atoms with E-state index in [0.717, 1.165) is 19.3 Å². The molecule has 0 spiro atoms. The molecule has 8 heteroatoms. The number of nitrogens with one attached hydrogen (secondary N) is 1. The van der Waals surface area contributed by atoms with Gasteiger partial charge in [-0.1, -0.05) is 0 Å². The van der Waals surface area contributed by atoms with Crippen molar-refractivity contribution in [2.75, 3.05) is 26.2 Å². The van der Waals surface area contributed by atoms with Crippen LogP contribution in [0.2, 0.25) is 0 Å². The monoisotopic (exact) mass is 367 g/mol. The van der Waals surface area contributed by atoms with Crippen LogP contribution in [0.15, 0.2) is 0 Å². The van der Waals surface area contributed by atoms with Gasteiger partial charge in [0, 0.05) is 44.9 Å². The second-order valence-corrected chi connectivity index (χ2v) is 7.18. The molecule has 0 aromatic heterocycles. The summed E-state index contributed by atoms with van der Waals surface area (Å²) in [6.07, 6.45) is 5.00. The van der Waals surface area contributed by atoms with Gasteiger partial charge in [0.25, 0.3) is 0 Å². The zero-order valence-electron chi connectivity index (χ0n) is 15.4. The molecule has 1 saturated carbocycles. The summed E-state index contributed by atoms with van der Waals surface area (Å²) in [5, 5.41) is 11.8. The van der Waals surface area contributed by atoms with E-state index in [4.69, 9.17) is 5.11 Å². The number of nitrogens with zero attached hydrogens (tertiary/aromatic N) is 2. The van der Waals surface area contributed by atoms with Crippen LogP contribution in [-0.2, 0) is 19.2 Å². The van der Waals surface area contributed by atoms with E-state index in [2.05, 4.69) is 5.32 Å². The first-order valence-electron chi connectivity index (χ1n) is 9.43. The summed E-state index contributed by atoms with van der Waals surface area (Å²) in [4.78, 5) is 49.8. The summed E-state index contributed by atoms with van der Waals surface area (Å²) in [6, 6.07) is -0.140. The molecule has 1 atom stereocenters. The van der Waals surface area contributed by atoms with Crippen LogP contribution in [0.25, 0.3) is 0 Å². The van der Waals surface area contributed by atoms with Gasteiger partial charge in [-0.15, -0.1) is 0 Å². The third kappa shape index (κ3) is 6.31. The molecule has 0 bridgehead atoms. The molecule has 2 N–H and O–H groups in total. The van der Waals surface area contributed by atoms with Crippen molar-refractivity contribution in [1.82, 2.24) is 15.1 Å². The molecule has 0 radical (unpaired) electrons. The average Bonchev–Trinajstić information content (AvgIpc) is 3.42. The summed E-state index contributed by atoms with van der Waals surface area (Å²) < 4.78 is 0. The minimum absolute atomic E-state index is 0.0546. The molecule has 0 aromatic rings. The third-order valence-electron chi connectivity index (χ3n) is 5.02. The maximum Gasteiger partial charge on any atom is 0.323 e. The fourth-order valence-corrected chi connectivity index (χ4v) is 3.38. The topological polar surface area (TPSA) is 107 Å². The minimum atomic E-state index is -1.02. The highest BCUT2D eigenvalue weighted by atomic mass is 16.4. The Kier molecular flexibility index (Phi) is 7.41. The van der Waals surface area contributed by atoms with E-state index >= 15 is 0 Å². The third-order valence-corrected chi connectivity index (χ3v) is 5.02. The van der Waals surface area contributed by atoms with Crippen LogP contribution in [-0.4, -0.2) is 70.8 Å². The van der Waals surface area contributed by atoms with Crippen LogP contribution < -0.4 is 5.32 Å². The van der Waals surface area contributed by atoms with Gasteiger partial charge in [0.05, 0.1) is 0 Å². The van der Waals surface area contributed by atoms with Gasteiger partial charge in [-0.2, -0.15) is 0 Å². The van der Waals surface area contributed by atoms with Gasteiger partial charge in [-0.05, 0) is 38.5 Å². The molecule has 2 fully saturated rings. The lowest BCUT2D eigenvalue weighted by Crippen LogP contribution is -2.43. The molecular formula is C18H29N3O5. The van der Waals surface area contributed by atoms with Crippen molar-refractivity contribution in [3.05, 3.63) is 0 Å². The summed E-state index contributed by atoms with van der Waals surface area (Å²) >= 11 is 0. The lowest BCUT2D eigenvalue weighted by Gasteiger charge is -2.28. The molecule has 26 heavy (non-hydrogen) atoms. The molecule has 1 unspecified atom stereocenters. The minimum Gasteiger partial charge on any atom is -0.480 e. The molecule has 2 aliphatic rings. The first-order chi connectivity index (χ1) is 12.4. The average molecular weight is 367 g/mol. The smallest absolute Gasteiger partial charge is 0.323 e. The number of carboxylic acids is 1. The van der Waals surface area contributed by atoms with Gasteiger partial charge in [0.2, 0.25) is 17.7 Å². The lowest BCUT2D eigenvalue weighted by atomic mass is 10.1. The van der Waals surface area contributed by atoms with E-state index < -0.39 is 5.97 Å². The van der Waals surface area contributed by atoms with Crippen molar-refractivity contribution in [1.29, 1.82) is 0 Å². The Hall–Kier alpha value is -2.12. The van der Waals surface area contributed by atoms with Crippen LogP contribution >= 0.6 is 0 Å². The largest absolute Gasteiger partial charge is 0.480 e. The second kappa shape index (κ2) is 9.54. The number of carbonyl (C=O) groups excluding carboxylic acids is 3. The summed E-state index contributed by atoms with van der Waals surface area (Å²) in [5.74, 6) is -0.936. The van der Waals surface area contributed by atoms with Crippen LogP contribution in [0.4, 0.5) is 0 Å². The number of likely N-dealkylation sites (tertiary alicyclic amines) is 1. The van der Waals surface area contributed by atoms with Gasteiger partial charge < -0.3 is 20.2 Å². The molecule has 1 aliphatic carbocycles. The first-order valence-corrected chi connectivity index (χ1v) is 9.43. The predicted molar refractivity (Wildman–Crippen MR) is 94.2 cm³/mol. The van der Waals surface area contributed by atoms with Crippen LogP contribution in [0.5, 0.6) is 0 Å². The van der Waals surface area contributed by atoms with Crippen LogP contribution in [0.3, 0.4) is 0 Å². The fraction of sp³-hybridized carbons (Fsp3) is 0.778. The van der Waals surface area contributed by atoms with Gasteiger partial charge >= 0.3 is 5.97 Å². The number of hydrogen-bond acceptors (Lipinski definition) is 4. The maximum atomic E-state index is 12.4. The molecule has 146 valence electrons. The van der Waals surface area contributed by atoms with E-state index in [0.29, 0.717) is 45.3 Å². The number of carbonyl (C=O) groups is 4. The van der Waals surface area contributed by atoms with E-state index in [1.54, 1.807) is 4.90 Å². The Morgan fingerprint density at radius 3 is 2.46 bits per heavy atom. The predicted octanol–water partition coefficient (Wildman–Crippen LogP) is 0.607. The van der Waals surface area contributed by atoms with Gasteiger partial charge in [-0.3, -0.25) is 19.2 Å². The van der Waals surface area contributed by atoms with Crippen molar-refractivity contribution in [3.8, 4) is 0 Å². The number of aliphatic carboxylic acids is 1. The summed E-state index contributed by atoms with van der Waals surface area (Å²) in [6.45, 7) is 2.76. The number of rotatable bonds is 8. The molecule has 3 amide bonds. The van der Waals surface area contributed by atoms with E-state index in [9.17, 15) is 19.2 Å². The lowest BCUT2D eigenvalue weighted by molar-refractivity contribution is -0.145. The summed E-state index contributed by atoms with van der Waals surface area (Å²) in [7, 11) is 0. The molecule has 0 aromatic carbocycles. The normalized spacial score (nSPS) is 20.2. The Balaban J connectivity index is 1.73. The standard InChI is InChI=1S/C18H29N3O5/c1-13(22)21(12-17(24)25)15-4-3-10-20(11-8-15)16(23)5-2-9-19-18(26)14-6-7-14/h14-15H,2-12H2,1H3,(H,19,26)(H,24,25). The van der Waals surface area contributed by atoms with E-state index in [1.165, 1.54) is 11.8 Å². The van der Waals surface area contributed by atoms with Crippen LogP contribution in [0.1, 0.15) is 51.9 Å². The molecule has 1 aliphatic heterocycles. The Bertz CT molecular complexity index is 547. The first kappa shape index (κ1) is 20.2. The van der Waals surface area contributed by atoms with Gasteiger partial charge in [0.15, 0.2) is 0 Å². The van der Waals surface area contributed by atoms with Crippen molar-refractivity contribution in [3.63, 3.8) is 0 Å². The molecule has 2 rings (SSSR count). The van der Waals surface area contributed by atoms with Crippen molar-refractivity contribution >= 4 is 23.7 Å². The highest BCUT2D eigenvalue weighted by Crippen LogP contribution is 2.28. The zero-order chi connectivity index (χ0) is 19.1. The second-order valence-electron chi connectivity index (χ2n) is 7.18.